The molecule has 0 aromatic heterocycles. The molecule has 1 aliphatic heterocycles. The van der Waals surface area contributed by atoms with Crippen molar-refractivity contribution in [2.75, 3.05) is 17.2 Å². The summed E-state index contributed by atoms with van der Waals surface area (Å²) >= 11 is 11.9. The SMILES string of the molecule is O=C(Nc1cc(Cl)cc(Cl)c1)C1CNc2ccccc2C1. The minimum absolute atomic E-state index is 0.0321. The molecule has 0 saturated carbocycles. The zero-order valence-corrected chi connectivity index (χ0v) is 12.7. The first-order valence-corrected chi connectivity index (χ1v) is 7.46. The topological polar surface area (TPSA) is 41.1 Å². The normalized spacial score (nSPS) is 16.8. The van der Waals surface area contributed by atoms with Gasteiger partial charge in [-0.25, -0.2) is 0 Å². The van der Waals surface area contributed by atoms with Gasteiger partial charge in [0, 0.05) is 28.0 Å². The number of carbonyl (C=O) groups excluding carboxylic acids is 1. The summed E-state index contributed by atoms with van der Waals surface area (Å²) in [5, 5.41) is 7.17. The van der Waals surface area contributed by atoms with E-state index in [1.54, 1.807) is 18.2 Å². The van der Waals surface area contributed by atoms with Crippen molar-refractivity contribution in [1.82, 2.24) is 0 Å². The summed E-state index contributed by atoms with van der Waals surface area (Å²) in [7, 11) is 0. The highest BCUT2D eigenvalue weighted by Gasteiger charge is 2.24. The van der Waals surface area contributed by atoms with Crippen LogP contribution in [0, 0.1) is 5.92 Å². The Morgan fingerprint density at radius 2 is 1.86 bits per heavy atom. The quantitative estimate of drug-likeness (QED) is 0.870. The van der Waals surface area contributed by atoms with Crippen LogP contribution in [-0.4, -0.2) is 12.5 Å². The smallest absolute Gasteiger partial charge is 0.229 e. The van der Waals surface area contributed by atoms with Crippen molar-refractivity contribution in [1.29, 1.82) is 0 Å². The van der Waals surface area contributed by atoms with Gasteiger partial charge in [0.2, 0.25) is 5.91 Å². The van der Waals surface area contributed by atoms with Crippen LogP contribution in [0.2, 0.25) is 10.0 Å². The molecule has 2 N–H and O–H groups in total. The monoisotopic (exact) mass is 320 g/mol. The Hall–Kier alpha value is -1.71. The van der Waals surface area contributed by atoms with Crippen LogP contribution in [0.1, 0.15) is 5.56 Å². The Bertz CT molecular complexity index is 667. The molecule has 1 unspecified atom stereocenters. The molecular formula is C16H14Cl2N2O. The number of nitrogens with one attached hydrogen (secondary N) is 2. The van der Waals surface area contributed by atoms with Crippen LogP contribution in [0.15, 0.2) is 42.5 Å². The predicted molar refractivity (Wildman–Crippen MR) is 87.2 cm³/mol. The van der Waals surface area contributed by atoms with E-state index in [9.17, 15) is 4.79 Å². The lowest BCUT2D eigenvalue weighted by Crippen LogP contribution is -2.33. The number of anilines is 2. The van der Waals surface area contributed by atoms with Crippen molar-refractivity contribution < 1.29 is 4.79 Å². The van der Waals surface area contributed by atoms with Gasteiger partial charge in [-0.05, 0) is 36.2 Å². The van der Waals surface area contributed by atoms with Gasteiger partial charge < -0.3 is 10.6 Å². The van der Waals surface area contributed by atoms with E-state index in [4.69, 9.17) is 23.2 Å². The van der Waals surface area contributed by atoms with Crippen molar-refractivity contribution in [3.63, 3.8) is 0 Å². The Morgan fingerprint density at radius 1 is 1.14 bits per heavy atom. The van der Waals surface area contributed by atoms with Gasteiger partial charge in [0.25, 0.3) is 0 Å². The minimum Gasteiger partial charge on any atom is -0.384 e. The number of amides is 1. The highest BCUT2D eigenvalue weighted by Crippen LogP contribution is 2.26. The number of hydrogen-bond donors (Lipinski definition) is 2. The first kappa shape index (κ1) is 14.2. The van der Waals surface area contributed by atoms with Crippen LogP contribution in [-0.2, 0) is 11.2 Å². The molecule has 3 nitrogen and oxygen atoms in total. The van der Waals surface area contributed by atoms with Crippen molar-refractivity contribution in [2.24, 2.45) is 5.92 Å². The zero-order chi connectivity index (χ0) is 14.8. The van der Waals surface area contributed by atoms with Gasteiger partial charge in [0.05, 0.1) is 5.92 Å². The van der Waals surface area contributed by atoms with E-state index >= 15 is 0 Å². The van der Waals surface area contributed by atoms with Gasteiger partial charge in [0.1, 0.15) is 0 Å². The Balaban J connectivity index is 1.72. The predicted octanol–water partition coefficient (Wildman–Crippen LogP) is 4.22. The van der Waals surface area contributed by atoms with E-state index < -0.39 is 0 Å². The molecule has 21 heavy (non-hydrogen) atoms. The summed E-state index contributed by atoms with van der Waals surface area (Å²) in [6, 6.07) is 13.1. The van der Waals surface area contributed by atoms with Gasteiger partial charge in [0.15, 0.2) is 0 Å². The molecule has 2 aromatic rings. The van der Waals surface area contributed by atoms with Gasteiger partial charge >= 0.3 is 0 Å². The Labute approximate surface area is 133 Å². The molecule has 1 heterocycles. The third kappa shape index (κ3) is 3.31. The van der Waals surface area contributed by atoms with Crippen LogP contribution in [0.3, 0.4) is 0 Å². The van der Waals surface area contributed by atoms with E-state index in [0.717, 1.165) is 17.7 Å². The molecular weight excluding hydrogens is 307 g/mol. The molecule has 108 valence electrons. The number of benzene rings is 2. The van der Waals surface area contributed by atoms with E-state index in [-0.39, 0.29) is 11.8 Å². The number of fused-ring (bicyclic) bond motifs is 1. The second-order valence-corrected chi connectivity index (χ2v) is 5.96. The molecule has 0 saturated heterocycles. The molecule has 0 aliphatic carbocycles. The van der Waals surface area contributed by atoms with Gasteiger partial charge in [-0.3, -0.25) is 4.79 Å². The van der Waals surface area contributed by atoms with E-state index in [1.165, 1.54) is 0 Å². The molecule has 1 amide bonds. The molecule has 2 aromatic carbocycles. The number of hydrogen-bond acceptors (Lipinski definition) is 2. The summed E-state index contributed by atoms with van der Waals surface area (Å²) in [5.41, 5.74) is 2.89. The number of carbonyl (C=O) groups is 1. The van der Waals surface area contributed by atoms with Crippen LogP contribution in [0.25, 0.3) is 0 Å². The molecule has 0 spiro atoms. The van der Waals surface area contributed by atoms with Crippen LogP contribution in [0.4, 0.5) is 11.4 Å². The lowest BCUT2D eigenvalue weighted by Gasteiger charge is -2.25. The van der Waals surface area contributed by atoms with Crippen LogP contribution >= 0.6 is 23.2 Å². The second kappa shape index (κ2) is 5.96. The molecule has 1 atom stereocenters. The molecule has 0 fully saturated rings. The van der Waals surface area contributed by atoms with Crippen molar-refractivity contribution in [2.45, 2.75) is 6.42 Å². The maximum Gasteiger partial charge on any atom is 0.229 e. The molecule has 1 aliphatic rings. The lowest BCUT2D eigenvalue weighted by atomic mass is 9.93. The summed E-state index contributed by atoms with van der Waals surface area (Å²) in [4.78, 5) is 12.4. The van der Waals surface area contributed by atoms with Gasteiger partial charge in [-0.2, -0.15) is 0 Å². The highest BCUT2D eigenvalue weighted by atomic mass is 35.5. The van der Waals surface area contributed by atoms with Crippen LogP contribution in [0.5, 0.6) is 0 Å². The summed E-state index contributed by atoms with van der Waals surface area (Å²) in [5.74, 6) is -0.145. The van der Waals surface area contributed by atoms with Crippen molar-refractivity contribution >= 4 is 40.5 Å². The minimum atomic E-state index is -0.113. The van der Waals surface area contributed by atoms with Gasteiger partial charge in [-0.15, -0.1) is 0 Å². The molecule has 5 heteroatoms. The second-order valence-electron chi connectivity index (χ2n) is 5.09. The molecule has 0 bridgehead atoms. The van der Waals surface area contributed by atoms with Crippen molar-refractivity contribution in [3.05, 3.63) is 58.1 Å². The maximum atomic E-state index is 12.4. The molecule has 0 radical (unpaired) electrons. The summed E-state index contributed by atoms with van der Waals surface area (Å²) < 4.78 is 0. The fourth-order valence-corrected chi connectivity index (χ4v) is 3.02. The zero-order valence-electron chi connectivity index (χ0n) is 11.2. The number of para-hydroxylation sites is 1. The third-order valence-corrected chi connectivity index (χ3v) is 3.96. The van der Waals surface area contributed by atoms with Crippen LogP contribution < -0.4 is 10.6 Å². The Kier molecular flexibility index (Phi) is 4.04. The van der Waals surface area contributed by atoms with Gasteiger partial charge in [-0.1, -0.05) is 41.4 Å². The number of rotatable bonds is 2. The number of halogens is 2. The average Bonchev–Trinajstić information content (AvgIpc) is 2.45. The van der Waals surface area contributed by atoms with E-state index in [0.29, 0.717) is 22.3 Å². The maximum absolute atomic E-state index is 12.4. The fourth-order valence-electron chi connectivity index (χ4n) is 2.50. The lowest BCUT2D eigenvalue weighted by molar-refractivity contribution is -0.119. The summed E-state index contributed by atoms with van der Waals surface area (Å²) in [6.45, 7) is 0.622. The first-order valence-electron chi connectivity index (χ1n) is 6.70. The highest BCUT2D eigenvalue weighted by molar-refractivity contribution is 6.35. The Morgan fingerprint density at radius 3 is 2.62 bits per heavy atom. The molecule has 3 rings (SSSR count). The standard InChI is InChI=1S/C16H14Cl2N2O/c17-12-6-13(18)8-14(7-12)20-16(21)11-5-10-3-1-2-4-15(10)19-9-11/h1-4,6-8,11,19H,5,9H2,(H,20,21). The fraction of sp³-hybridized carbons (Fsp3) is 0.188. The largest absolute Gasteiger partial charge is 0.384 e. The van der Waals surface area contributed by atoms with Crippen molar-refractivity contribution in [3.8, 4) is 0 Å². The summed E-state index contributed by atoms with van der Waals surface area (Å²) in [6.07, 6.45) is 0.726. The first-order chi connectivity index (χ1) is 10.1. The van der Waals surface area contributed by atoms with E-state index in [2.05, 4.69) is 10.6 Å². The average molecular weight is 321 g/mol. The van der Waals surface area contributed by atoms with E-state index in [1.807, 2.05) is 24.3 Å². The third-order valence-electron chi connectivity index (χ3n) is 3.52.